The highest BCUT2D eigenvalue weighted by Gasteiger charge is 2.44. The van der Waals surface area contributed by atoms with Crippen LogP contribution in [0.5, 0.6) is 0 Å². The first-order valence-corrected chi connectivity index (χ1v) is 19.5. The van der Waals surface area contributed by atoms with Crippen molar-refractivity contribution in [1.82, 2.24) is 19.5 Å². The van der Waals surface area contributed by atoms with Gasteiger partial charge in [0.2, 0.25) is 5.95 Å². The summed E-state index contributed by atoms with van der Waals surface area (Å²) < 4.78 is 2.29. The van der Waals surface area contributed by atoms with E-state index in [2.05, 4.69) is 174 Å². The lowest BCUT2D eigenvalue weighted by molar-refractivity contribution is 0.353. The third kappa shape index (κ3) is 5.16. The molecule has 9 aromatic rings. The molecule has 0 unspecified atom stereocenters. The average Bonchev–Trinajstić information content (AvgIpc) is 3.73. The lowest BCUT2D eigenvalue weighted by atomic mass is 9.68. The molecule has 2 aliphatic rings. The SMILES string of the molecule is c1ccc(-c2ccc(-c3nc(-c4cccc(-c5ccccc5)c4)nc(-n4c5ccccc5c5cc6c(cc54)C4(CCCCC4)c4ccccc4-6)n3)cc2)cc1. The zero-order valence-corrected chi connectivity index (χ0v) is 30.5. The van der Waals surface area contributed by atoms with E-state index in [0.717, 1.165) is 38.9 Å². The van der Waals surface area contributed by atoms with Gasteiger partial charge in [-0.25, -0.2) is 4.98 Å². The molecule has 2 aliphatic carbocycles. The molecule has 0 atom stereocenters. The summed E-state index contributed by atoms with van der Waals surface area (Å²) in [5.74, 6) is 1.91. The highest BCUT2D eigenvalue weighted by Crippen LogP contribution is 2.57. The maximum atomic E-state index is 5.35. The van der Waals surface area contributed by atoms with Crippen molar-refractivity contribution >= 4 is 21.8 Å². The third-order valence-electron chi connectivity index (χ3n) is 12.1. The maximum absolute atomic E-state index is 5.35. The number of aromatic nitrogens is 4. The van der Waals surface area contributed by atoms with Crippen LogP contribution >= 0.6 is 0 Å². The fourth-order valence-corrected chi connectivity index (χ4v) is 9.46. The minimum Gasteiger partial charge on any atom is -0.278 e. The molecule has 4 heteroatoms. The van der Waals surface area contributed by atoms with Gasteiger partial charge in [0, 0.05) is 27.3 Å². The van der Waals surface area contributed by atoms with Crippen molar-refractivity contribution in [2.24, 2.45) is 0 Å². The summed E-state index contributed by atoms with van der Waals surface area (Å²) in [6.45, 7) is 0. The van der Waals surface area contributed by atoms with E-state index >= 15 is 0 Å². The predicted molar refractivity (Wildman–Crippen MR) is 225 cm³/mol. The molecule has 0 amide bonds. The van der Waals surface area contributed by atoms with Crippen LogP contribution in [0.25, 0.3) is 83.9 Å². The molecule has 0 saturated heterocycles. The van der Waals surface area contributed by atoms with Crippen LogP contribution in [0, 0.1) is 0 Å². The Bertz CT molecular complexity index is 2880. The maximum Gasteiger partial charge on any atom is 0.238 e. The van der Waals surface area contributed by atoms with Crippen molar-refractivity contribution < 1.29 is 0 Å². The number of benzene rings is 7. The number of hydrogen-bond donors (Lipinski definition) is 0. The zero-order valence-electron chi connectivity index (χ0n) is 30.5. The van der Waals surface area contributed by atoms with Crippen LogP contribution in [-0.2, 0) is 5.41 Å². The molecule has 11 rings (SSSR count). The fourth-order valence-electron chi connectivity index (χ4n) is 9.46. The topological polar surface area (TPSA) is 43.6 Å². The van der Waals surface area contributed by atoms with E-state index in [1.54, 1.807) is 0 Å². The van der Waals surface area contributed by atoms with Gasteiger partial charge in [0.05, 0.1) is 11.0 Å². The normalized spacial score (nSPS) is 14.3. The van der Waals surface area contributed by atoms with E-state index in [4.69, 9.17) is 15.0 Å². The standard InChI is InChI=1S/C51H38N4/c1-4-15-34(16-5-1)36-25-27-37(28-26-36)48-52-49(39-20-14-19-38(31-39)35-17-6-2-7-18-35)54-50(53-48)55-46-24-11-9-22-41(46)43-32-42-40-21-8-10-23-44(40)51(29-12-3-13-30-51)45(42)33-47(43)55/h1-2,4-11,14-28,31-33H,3,12-13,29-30H2. The number of fused-ring (bicyclic) bond motifs is 8. The molecule has 0 radical (unpaired) electrons. The zero-order chi connectivity index (χ0) is 36.3. The minimum atomic E-state index is 0.0352. The molecule has 55 heavy (non-hydrogen) atoms. The van der Waals surface area contributed by atoms with Crippen LogP contribution in [0.15, 0.2) is 170 Å². The molecule has 1 spiro atoms. The molecular formula is C51H38N4. The van der Waals surface area contributed by atoms with Gasteiger partial charge in [-0.15, -0.1) is 0 Å². The minimum absolute atomic E-state index is 0.0352. The highest BCUT2D eigenvalue weighted by molar-refractivity contribution is 6.11. The van der Waals surface area contributed by atoms with Crippen LogP contribution < -0.4 is 0 Å². The van der Waals surface area contributed by atoms with Gasteiger partial charge < -0.3 is 0 Å². The van der Waals surface area contributed by atoms with Gasteiger partial charge in [-0.3, -0.25) is 4.57 Å². The average molecular weight is 707 g/mol. The van der Waals surface area contributed by atoms with Crippen molar-refractivity contribution in [2.75, 3.05) is 0 Å². The fraction of sp³-hybridized carbons (Fsp3) is 0.118. The summed E-state index contributed by atoms with van der Waals surface area (Å²) in [5, 5.41) is 2.42. The molecule has 0 bridgehead atoms. The summed E-state index contributed by atoms with van der Waals surface area (Å²) >= 11 is 0. The second-order valence-corrected chi connectivity index (χ2v) is 15.1. The molecular weight excluding hydrogens is 669 g/mol. The van der Waals surface area contributed by atoms with E-state index in [-0.39, 0.29) is 5.41 Å². The first kappa shape index (κ1) is 31.8. The van der Waals surface area contributed by atoms with Crippen molar-refractivity contribution in [2.45, 2.75) is 37.5 Å². The van der Waals surface area contributed by atoms with Crippen molar-refractivity contribution in [3.05, 3.63) is 181 Å². The van der Waals surface area contributed by atoms with Gasteiger partial charge in [-0.1, -0.05) is 165 Å². The molecule has 0 aliphatic heterocycles. The predicted octanol–water partition coefficient (Wildman–Crippen LogP) is 12.9. The summed E-state index contributed by atoms with van der Waals surface area (Å²) in [5.41, 5.74) is 14.5. The molecule has 262 valence electrons. The Morgan fingerprint density at radius 1 is 0.382 bits per heavy atom. The summed E-state index contributed by atoms with van der Waals surface area (Å²) in [7, 11) is 0. The van der Waals surface area contributed by atoms with E-state index in [1.807, 2.05) is 0 Å². The lowest BCUT2D eigenvalue weighted by Crippen LogP contribution is -2.28. The monoisotopic (exact) mass is 706 g/mol. The number of para-hydroxylation sites is 1. The quantitative estimate of drug-likeness (QED) is 0.179. The Balaban J connectivity index is 1.15. The van der Waals surface area contributed by atoms with E-state index in [0.29, 0.717) is 17.6 Å². The van der Waals surface area contributed by atoms with Gasteiger partial charge in [-0.05, 0) is 81.6 Å². The third-order valence-corrected chi connectivity index (χ3v) is 12.1. The van der Waals surface area contributed by atoms with Crippen molar-refractivity contribution in [3.8, 4) is 62.1 Å². The molecule has 2 heterocycles. The molecule has 7 aromatic carbocycles. The highest BCUT2D eigenvalue weighted by atomic mass is 15.2. The van der Waals surface area contributed by atoms with Crippen molar-refractivity contribution in [1.29, 1.82) is 0 Å². The van der Waals surface area contributed by atoms with Crippen LogP contribution in [0.2, 0.25) is 0 Å². The Morgan fingerprint density at radius 3 is 1.76 bits per heavy atom. The van der Waals surface area contributed by atoms with E-state index in [1.165, 1.54) is 70.7 Å². The Labute approximate surface area is 320 Å². The van der Waals surface area contributed by atoms with Gasteiger partial charge in [0.1, 0.15) is 0 Å². The van der Waals surface area contributed by atoms with E-state index in [9.17, 15) is 0 Å². The van der Waals surface area contributed by atoms with Gasteiger partial charge in [0.15, 0.2) is 11.6 Å². The second kappa shape index (κ2) is 12.7. The Morgan fingerprint density at radius 2 is 0.982 bits per heavy atom. The molecule has 1 fully saturated rings. The van der Waals surface area contributed by atoms with Crippen molar-refractivity contribution in [3.63, 3.8) is 0 Å². The molecule has 4 nitrogen and oxygen atoms in total. The van der Waals surface area contributed by atoms with Crippen LogP contribution in [0.4, 0.5) is 0 Å². The lowest BCUT2D eigenvalue weighted by Gasteiger charge is -2.36. The first-order chi connectivity index (χ1) is 27.2. The Hall–Kier alpha value is -6.65. The summed E-state index contributed by atoms with van der Waals surface area (Å²) in [4.78, 5) is 15.9. The summed E-state index contributed by atoms with van der Waals surface area (Å²) in [6.07, 6.45) is 6.16. The molecule has 1 saturated carbocycles. The first-order valence-electron chi connectivity index (χ1n) is 19.5. The largest absolute Gasteiger partial charge is 0.278 e. The van der Waals surface area contributed by atoms with Gasteiger partial charge in [0.25, 0.3) is 0 Å². The number of nitrogens with zero attached hydrogens (tertiary/aromatic N) is 4. The Kier molecular flexibility index (Phi) is 7.38. The number of rotatable bonds is 5. The van der Waals surface area contributed by atoms with Crippen LogP contribution in [-0.4, -0.2) is 19.5 Å². The number of hydrogen-bond acceptors (Lipinski definition) is 3. The second-order valence-electron chi connectivity index (χ2n) is 15.1. The van der Waals surface area contributed by atoms with Crippen LogP contribution in [0.1, 0.15) is 43.2 Å². The smallest absolute Gasteiger partial charge is 0.238 e. The van der Waals surface area contributed by atoms with Gasteiger partial charge >= 0.3 is 0 Å². The van der Waals surface area contributed by atoms with E-state index < -0.39 is 0 Å². The molecule has 0 N–H and O–H groups in total. The summed E-state index contributed by atoms with van der Waals surface area (Å²) in [6, 6.07) is 60.9. The molecule has 2 aromatic heterocycles. The van der Waals surface area contributed by atoms with Crippen LogP contribution in [0.3, 0.4) is 0 Å². The van der Waals surface area contributed by atoms with Gasteiger partial charge in [-0.2, -0.15) is 9.97 Å².